The predicted octanol–water partition coefficient (Wildman–Crippen LogP) is 3.71. The SMILES string of the molecule is C=CC=O.COCCc1cc(C)ccc1-c1ccc(CO)cc1. The summed E-state index contributed by atoms with van der Waals surface area (Å²) in [5, 5.41) is 9.09. The number of methoxy groups -OCH3 is 1. The van der Waals surface area contributed by atoms with E-state index in [1.165, 1.54) is 28.3 Å². The van der Waals surface area contributed by atoms with Gasteiger partial charge in [-0.3, -0.25) is 4.79 Å². The van der Waals surface area contributed by atoms with Crippen LogP contribution in [0, 0.1) is 6.92 Å². The zero-order valence-corrected chi connectivity index (χ0v) is 13.8. The first-order valence-corrected chi connectivity index (χ1v) is 7.51. The van der Waals surface area contributed by atoms with Crippen LogP contribution >= 0.6 is 0 Å². The van der Waals surface area contributed by atoms with Crippen LogP contribution in [0.5, 0.6) is 0 Å². The van der Waals surface area contributed by atoms with Gasteiger partial charge in [0.25, 0.3) is 0 Å². The fraction of sp³-hybridized carbons (Fsp3) is 0.250. The summed E-state index contributed by atoms with van der Waals surface area (Å²) in [6.45, 7) is 6.03. The molecule has 0 radical (unpaired) electrons. The highest BCUT2D eigenvalue weighted by Crippen LogP contribution is 2.25. The Balaban J connectivity index is 0.000000593. The van der Waals surface area contributed by atoms with Crippen molar-refractivity contribution in [3.63, 3.8) is 0 Å². The van der Waals surface area contributed by atoms with Crippen molar-refractivity contribution in [3.05, 3.63) is 71.8 Å². The average molecular weight is 312 g/mol. The molecule has 0 aliphatic carbocycles. The molecule has 23 heavy (non-hydrogen) atoms. The zero-order valence-electron chi connectivity index (χ0n) is 13.8. The molecule has 0 heterocycles. The van der Waals surface area contributed by atoms with Crippen LogP contribution in [0.1, 0.15) is 16.7 Å². The maximum absolute atomic E-state index is 9.09. The van der Waals surface area contributed by atoms with Crippen molar-refractivity contribution in [1.82, 2.24) is 0 Å². The lowest BCUT2D eigenvalue weighted by Gasteiger charge is -2.11. The zero-order chi connectivity index (χ0) is 17.1. The van der Waals surface area contributed by atoms with Gasteiger partial charge >= 0.3 is 0 Å². The smallest absolute Gasteiger partial charge is 0.142 e. The van der Waals surface area contributed by atoms with E-state index >= 15 is 0 Å². The molecule has 0 saturated heterocycles. The normalized spacial score (nSPS) is 9.70. The molecule has 0 aromatic heterocycles. The van der Waals surface area contributed by atoms with Crippen molar-refractivity contribution in [3.8, 4) is 11.1 Å². The number of hydrogen-bond donors (Lipinski definition) is 1. The topological polar surface area (TPSA) is 46.5 Å². The number of aldehydes is 1. The monoisotopic (exact) mass is 312 g/mol. The molecule has 0 aliphatic heterocycles. The number of allylic oxidation sites excluding steroid dienone is 1. The second kappa shape index (κ2) is 10.5. The van der Waals surface area contributed by atoms with Gasteiger partial charge in [0.15, 0.2) is 0 Å². The Morgan fingerprint density at radius 2 is 1.83 bits per heavy atom. The molecule has 0 fully saturated rings. The van der Waals surface area contributed by atoms with Crippen LogP contribution in [0.3, 0.4) is 0 Å². The summed E-state index contributed by atoms with van der Waals surface area (Å²) in [6, 6.07) is 14.6. The lowest BCUT2D eigenvalue weighted by Crippen LogP contribution is -1.98. The summed E-state index contributed by atoms with van der Waals surface area (Å²) in [5.74, 6) is 0. The summed E-state index contributed by atoms with van der Waals surface area (Å²) >= 11 is 0. The minimum absolute atomic E-state index is 0.0880. The minimum atomic E-state index is 0.0880. The Labute approximate surface area is 138 Å². The standard InChI is InChI=1S/C17H20O2.C3H4O/c1-13-3-8-17(16(11-13)9-10-19-2)15-6-4-14(12-18)5-7-15;1-2-3-4/h3-8,11,18H,9-10,12H2,1-2H3;2-3H,1H2. The largest absolute Gasteiger partial charge is 0.392 e. The number of hydrogen-bond acceptors (Lipinski definition) is 3. The molecule has 3 heteroatoms. The third kappa shape index (κ3) is 6.19. The van der Waals surface area contributed by atoms with E-state index in [0.29, 0.717) is 6.29 Å². The number of aryl methyl sites for hydroxylation is 1. The number of aliphatic hydroxyl groups is 1. The van der Waals surface area contributed by atoms with Crippen LogP contribution in [0.4, 0.5) is 0 Å². The van der Waals surface area contributed by atoms with E-state index in [2.05, 4.69) is 43.8 Å². The predicted molar refractivity (Wildman–Crippen MR) is 94.4 cm³/mol. The summed E-state index contributed by atoms with van der Waals surface area (Å²) < 4.78 is 5.18. The minimum Gasteiger partial charge on any atom is -0.392 e. The van der Waals surface area contributed by atoms with Gasteiger partial charge in [-0.1, -0.05) is 54.6 Å². The molecular weight excluding hydrogens is 288 g/mol. The second-order valence-corrected chi connectivity index (χ2v) is 5.13. The second-order valence-electron chi connectivity index (χ2n) is 5.13. The third-order valence-electron chi connectivity index (χ3n) is 3.38. The summed E-state index contributed by atoms with van der Waals surface area (Å²) in [7, 11) is 1.73. The van der Waals surface area contributed by atoms with Crippen molar-refractivity contribution >= 4 is 6.29 Å². The Hall–Kier alpha value is -2.23. The quantitative estimate of drug-likeness (QED) is 0.653. The number of carbonyl (C=O) groups is 1. The fourth-order valence-corrected chi connectivity index (χ4v) is 2.21. The van der Waals surface area contributed by atoms with Crippen LogP contribution in [0.25, 0.3) is 11.1 Å². The Morgan fingerprint density at radius 3 is 2.35 bits per heavy atom. The molecule has 0 unspecified atom stereocenters. The Morgan fingerprint density at radius 1 is 1.17 bits per heavy atom. The highest BCUT2D eigenvalue weighted by atomic mass is 16.5. The first-order valence-electron chi connectivity index (χ1n) is 7.51. The molecule has 1 N–H and O–H groups in total. The molecule has 0 amide bonds. The molecule has 0 bridgehead atoms. The van der Waals surface area contributed by atoms with Crippen molar-refractivity contribution in [2.45, 2.75) is 20.0 Å². The van der Waals surface area contributed by atoms with E-state index in [1.807, 2.05) is 12.1 Å². The van der Waals surface area contributed by atoms with E-state index in [9.17, 15) is 0 Å². The number of benzene rings is 2. The highest BCUT2D eigenvalue weighted by Gasteiger charge is 2.05. The lowest BCUT2D eigenvalue weighted by atomic mass is 9.95. The average Bonchev–Trinajstić information content (AvgIpc) is 2.60. The number of ether oxygens (including phenoxy) is 1. The van der Waals surface area contributed by atoms with E-state index in [0.717, 1.165) is 18.6 Å². The van der Waals surface area contributed by atoms with E-state index in [4.69, 9.17) is 14.6 Å². The molecule has 0 saturated carbocycles. The van der Waals surface area contributed by atoms with Crippen molar-refractivity contribution < 1.29 is 14.6 Å². The molecule has 2 aromatic rings. The molecule has 0 atom stereocenters. The highest BCUT2D eigenvalue weighted by molar-refractivity contribution is 5.68. The van der Waals surface area contributed by atoms with Gasteiger partial charge in [0, 0.05) is 7.11 Å². The van der Waals surface area contributed by atoms with Crippen molar-refractivity contribution in [2.75, 3.05) is 13.7 Å². The van der Waals surface area contributed by atoms with E-state index < -0.39 is 0 Å². The maximum Gasteiger partial charge on any atom is 0.142 e. The first-order chi connectivity index (χ1) is 11.2. The maximum atomic E-state index is 9.09. The van der Waals surface area contributed by atoms with E-state index in [1.54, 1.807) is 7.11 Å². The fourth-order valence-electron chi connectivity index (χ4n) is 2.21. The van der Waals surface area contributed by atoms with Crippen molar-refractivity contribution in [2.24, 2.45) is 0 Å². The van der Waals surface area contributed by atoms with Crippen LogP contribution in [-0.2, 0) is 22.6 Å². The molecule has 0 spiro atoms. The van der Waals surface area contributed by atoms with Crippen LogP contribution in [0.2, 0.25) is 0 Å². The molecule has 2 rings (SSSR count). The van der Waals surface area contributed by atoms with Gasteiger partial charge < -0.3 is 9.84 Å². The lowest BCUT2D eigenvalue weighted by molar-refractivity contribution is -0.104. The first kappa shape index (κ1) is 18.8. The number of carbonyl (C=O) groups excluding carboxylic acids is 1. The van der Waals surface area contributed by atoms with Gasteiger partial charge in [0.1, 0.15) is 6.29 Å². The molecule has 0 aliphatic rings. The van der Waals surface area contributed by atoms with Gasteiger partial charge in [-0.15, -0.1) is 0 Å². The van der Waals surface area contributed by atoms with E-state index in [-0.39, 0.29) is 6.61 Å². The van der Waals surface area contributed by atoms with Gasteiger partial charge in [0.05, 0.1) is 13.2 Å². The summed E-state index contributed by atoms with van der Waals surface area (Å²) in [4.78, 5) is 9.06. The Kier molecular flexibility index (Phi) is 8.58. The molecule has 122 valence electrons. The number of aliphatic hydroxyl groups excluding tert-OH is 1. The van der Waals surface area contributed by atoms with Gasteiger partial charge in [0.2, 0.25) is 0 Å². The summed E-state index contributed by atoms with van der Waals surface area (Å²) in [6.07, 6.45) is 2.75. The molecule has 3 nitrogen and oxygen atoms in total. The van der Waals surface area contributed by atoms with Gasteiger partial charge in [-0.05, 0) is 41.7 Å². The summed E-state index contributed by atoms with van der Waals surface area (Å²) in [5.41, 5.74) is 5.94. The number of rotatable bonds is 6. The molecular formula is C20H24O3. The Bertz CT molecular complexity index is 609. The third-order valence-corrected chi connectivity index (χ3v) is 3.38. The van der Waals surface area contributed by atoms with Gasteiger partial charge in [-0.2, -0.15) is 0 Å². The van der Waals surface area contributed by atoms with Crippen molar-refractivity contribution in [1.29, 1.82) is 0 Å². The van der Waals surface area contributed by atoms with Crippen LogP contribution in [-0.4, -0.2) is 25.1 Å². The molecule has 2 aromatic carbocycles. The van der Waals surface area contributed by atoms with Crippen LogP contribution < -0.4 is 0 Å². The van der Waals surface area contributed by atoms with Crippen LogP contribution in [0.15, 0.2) is 55.1 Å². The van der Waals surface area contributed by atoms with Gasteiger partial charge in [-0.25, -0.2) is 0 Å².